The number of aliphatic hydroxyl groups excluding tert-OH is 1. The van der Waals surface area contributed by atoms with E-state index < -0.39 is 16.6 Å². The highest BCUT2D eigenvalue weighted by molar-refractivity contribution is 5.92. The minimum Gasteiger partial charge on any atom is -0.513 e. The first kappa shape index (κ1) is 21.2. The number of hydrogen-bond donors (Lipinski definition) is 2. The Hall–Kier alpha value is -1.66. The van der Waals surface area contributed by atoms with Gasteiger partial charge in [-0.3, -0.25) is 9.59 Å². The summed E-state index contributed by atoms with van der Waals surface area (Å²) in [5.41, 5.74) is -1.03. The molecule has 5 aliphatic rings. The van der Waals surface area contributed by atoms with E-state index in [1.54, 1.807) is 6.08 Å². The molecule has 0 aromatic rings. The molecule has 1 heterocycles. The van der Waals surface area contributed by atoms with Crippen LogP contribution in [0.15, 0.2) is 24.0 Å². The molecule has 0 radical (unpaired) electrons. The van der Waals surface area contributed by atoms with E-state index in [2.05, 4.69) is 20.4 Å². The van der Waals surface area contributed by atoms with Gasteiger partial charge in [-0.05, 0) is 50.5 Å². The molecule has 31 heavy (non-hydrogen) atoms. The third-order valence-corrected chi connectivity index (χ3v) is 10.0. The van der Waals surface area contributed by atoms with Gasteiger partial charge in [0.2, 0.25) is 0 Å². The summed E-state index contributed by atoms with van der Waals surface area (Å²) in [5.74, 6) is -0.340. The molecule has 5 rings (SSSR count). The number of esters is 1. The number of hydrogen-bond acceptors (Lipinski definition) is 6. The van der Waals surface area contributed by atoms with Crippen LogP contribution in [0.3, 0.4) is 0 Å². The van der Waals surface area contributed by atoms with E-state index in [0.717, 1.165) is 24.8 Å². The van der Waals surface area contributed by atoms with Crippen molar-refractivity contribution in [3.8, 4) is 0 Å². The number of allylic oxidation sites excluding steroid dienone is 1. The van der Waals surface area contributed by atoms with Crippen molar-refractivity contribution < 1.29 is 29.3 Å². The van der Waals surface area contributed by atoms with Gasteiger partial charge in [0, 0.05) is 29.6 Å². The highest BCUT2D eigenvalue weighted by atomic mass is 16.6. The van der Waals surface area contributed by atoms with Crippen LogP contribution in [-0.2, 0) is 19.1 Å². The Bertz CT molecular complexity index is 892. The molecule has 3 saturated carbocycles. The summed E-state index contributed by atoms with van der Waals surface area (Å²) in [7, 11) is 1.42. The molecule has 0 bridgehead atoms. The quantitative estimate of drug-likeness (QED) is 0.402. The maximum absolute atomic E-state index is 13.0. The third kappa shape index (κ3) is 2.52. The summed E-state index contributed by atoms with van der Waals surface area (Å²) in [4.78, 5) is 25.3. The van der Waals surface area contributed by atoms with Crippen molar-refractivity contribution in [2.24, 2.45) is 28.6 Å². The third-order valence-electron chi connectivity index (χ3n) is 10.0. The summed E-state index contributed by atoms with van der Waals surface area (Å²) in [6, 6.07) is 0. The van der Waals surface area contributed by atoms with Gasteiger partial charge in [0.25, 0.3) is 0 Å². The van der Waals surface area contributed by atoms with E-state index >= 15 is 0 Å². The van der Waals surface area contributed by atoms with Crippen LogP contribution in [-0.4, -0.2) is 46.4 Å². The molecule has 0 amide bonds. The summed E-state index contributed by atoms with van der Waals surface area (Å²) >= 11 is 0. The molecule has 4 fully saturated rings. The van der Waals surface area contributed by atoms with Gasteiger partial charge in [-0.1, -0.05) is 26.0 Å². The molecule has 1 spiro atoms. The Morgan fingerprint density at radius 3 is 2.77 bits per heavy atom. The van der Waals surface area contributed by atoms with Crippen LogP contribution in [0.4, 0.5) is 0 Å². The number of fused-ring (bicyclic) bond motifs is 3. The Balaban J connectivity index is 1.59. The SMILES string of the molecule is C=C(O)CC[C@]1(O)CCC2C3[C@H](C(=O)OC)CC4=CC(=O)CC[C@]4(C)[C@]34O[C@@H]4C[C@@]21C. The number of rotatable bonds is 4. The van der Waals surface area contributed by atoms with E-state index in [0.29, 0.717) is 32.1 Å². The number of aliphatic hydroxyl groups is 2. The Morgan fingerprint density at radius 2 is 2.10 bits per heavy atom. The average Bonchev–Trinajstić information content (AvgIpc) is 3.38. The molecule has 0 aromatic heterocycles. The number of carbonyl (C=O) groups excluding carboxylic acids is 2. The number of carbonyl (C=O) groups is 2. The van der Waals surface area contributed by atoms with Crippen LogP contribution in [0.2, 0.25) is 0 Å². The topological polar surface area (TPSA) is 96.4 Å². The highest BCUT2D eigenvalue weighted by Crippen LogP contribution is 2.77. The van der Waals surface area contributed by atoms with Crippen molar-refractivity contribution in [3.05, 3.63) is 24.0 Å². The summed E-state index contributed by atoms with van der Waals surface area (Å²) in [5, 5.41) is 21.4. The molecule has 0 aromatic carbocycles. The number of methoxy groups -OCH3 is 1. The molecule has 1 aliphatic heterocycles. The fraction of sp³-hybridized carbons (Fsp3) is 0.760. The first-order valence-corrected chi connectivity index (χ1v) is 11.6. The zero-order chi connectivity index (χ0) is 22.4. The van der Waals surface area contributed by atoms with Gasteiger partial charge in [-0.15, -0.1) is 0 Å². The van der Waals surface area contributed by atoms with Crippen LogP contribution in [0, 0.1) is 28.6 Å². The summed E-state index contributed by atoms with van der Waals surface area (Å²) in [6.07, 6.45) is 6.51. The standard InChI is InChI=1S/C25H34O6/c1-14(26)5-9-24(29)10-7-18-20-17(21(28)30-4)12-15-11-16(27)6-8-22(15,2)25(20)19(31-25)13-23(18,24)3/h11,17-20,26,29H,1,5-10,12-13H2,2-4H3/t17-,18?,19-,20?,22+,23+,24+,25-/m1/s1. The van der Waals surface area contributed by atoms with Crippen molar-refractivity contribution in [2.75, 3.05) is 7.11 Å². The van der Waals surface area contributed by atoms with Gasteiger partial charge < -0.3 is 19.7 Å². The van der Waals surface area contributed by atoms with Crippen LogP contribution in [0.1, 0.15) is 65.2 Å². The van der Waals surface area contributed by atoms with E-state index in [1.807, 2.05) is 0 Å². The Morgan fingerprint density at radius 1 is 1.35 bits per heavy atom. The summed E-state index contributed by atoms with van der Waals surface area (Å²) < 4.78 is 11.8. The van der Waals surface area contributed by atoms with Gasteiger partial charge in [0.15, 0.2) is 5.78 Å². The van der Waals surface area contributed by atoms with Crippen molar-refractivity contribution in [3.63, 3.8) is 0 Å². The largest absolute Gasteiger partial charge is 0.513 e. The Labute approximate surface area is 183 Å². The first-order chi connectivity index (χ1) is 14.5. The van der Waals surface area contributed by atoms with Crippen LogP contribution < -0.4 is 0 Å². The molecule has 1 saturated heterocycles. The highest BCUT2D eigenvalue weighted by Gasteiger charge is 2.82. The van der Waals surface area contributed by atoms with E-state index in [-0.39, 0.29) is 46.8 Å². The number of epoxide rings is 1. The summed E-state index contributed by atoms with van der Waals surface area (Å²) in [6.45, 7) is 7.95. The molecular weight excluding hydrogens is 396 g/mol. The second-order valence-corrected chi connectivity index (χ2v) is 11.1. The minimum atomic E-state index is -0.929. The molecule has 2 unspecified atom stereocenters. The predicted octanol–water partition coefficient (Wildman–Crippen LogP) is 3.63. The van der Waals surface area contributed by atoms with Gasteiger partial charge in [0.05, 0.1) is 30.5 Å². The van der Waals surface area contributed by atoms with Gasteiger partial charge in [0.1, 0.15) is 5.60 Å². The molecule has 170 valence electrons. The minimum absolute atomic E-state index is 0.0465. The smallest absolute Gasteiger partial charge is 0.309 e. The maximum Gasteiger partial charge on any atom is 0.309 e. The Kier molecular flexibility index (Phi) is 4.41. The van der Waals surface area contributed by atoms with E-state index in [1.165, 1.54) is 7.11 Å². The monoisotopic (exact) mass is 430 g/mol. The van der Waals surface area contributed by atoms with Gasteiger partial charge in [-0.2, -0.15) is 0 Å². The fourth-order valence-electron chi connectivity index (χ4n) is 8.26. The fourth-order valence-corrected chi connectivity index (χ4v) is 8.26. The predicted molar refractivity (Wildman–Crippen MR) is 113 cm³/mol. The number of ketones is 1. The molecule has 2 N–H and O–H groups in total. The van der Waals surface area contributed by atoms with Crippen LogP contribution in [0.5, 0.6) is 0 Å². The maximum atomic E-state index is 13.0. The van der Waals surface area contributed by atoms with Crippen molar-refractivity contribution in [1.82, 2.24) is 0 Å². The number of ether oxygens (including phenoxy) is 2. The van der Waals surface area contributed by atoms with Crippen LogP contribution in [0.25, 0.3) is 0 Å². The first-order valence-electron chi connectivity index (χ1n) is 11.6. The van der Waals surface area contributed by atoms with Gasteiger partial charge in [-0.25, -0.2) is 0 Å². The van der Waals surface area contributed by atoms with Gasteiger partial charge >= 0.3 is 5.97 Å². The van der Waals surface area contributed by atoms with Crippen molar-refractivity contribution in [2.45, 2.75) is 82.5 Å². The lowest BCUT2D eigenvalue weighted by Gasteiger charge is -2.58. The van der Waals surface area contributed by atoms with E-state index in [4.69, 9.17) is 9.47 Å². The molecule has 8 atom stereocenters. The molecule has 4 aliphatic carbocycles. The lowest BCUT2D eigenvalue weighted by atomic mass is 9.43. The zero-order valence-corrected chi connectivity index (χ0v) is 18.8. The lowest BCUT2D eigenvalue weighted by Crippen LogP contribution is -2.63. The second-order valence-electron chi connectivity index (χ2n) is 11.1. The van der Waals surface area contributed by atoms with E-state index in [9.17, 15) is 19.8 Å². The average molecular weight is 431 g/mol. The van der Waals surface area contributed by atoms with Crippen molar-refractivity contribution >= 4 is 11.8 Å². The normalized spacial score (nSPS) is 49.8. The molecular formula is C25H34O6. The van der Waals surface area contributed by atoms with Crippen molar-refractivity contribution in [1.29, 1.82) is 0 Å². The molecule has 6 heteroatoms. The zero-order valence-electron chi connectivity index (χ0n) is 18.8. The second kappa shape index (κ2) is 6.44. The molecule has 6 nitrogen and oxygen atoms in total. The van der Waals surface area contributed by atoms with Crippen LogP contribution >= 0.6 is 0 Å². The lowest BCUT2D eigenvalue weighted by molar-refractivity contribution is -0.162.